The van der Waals surface area contributed by atoms with Crippen LogP contribution >= 0.6 is 23.4 Å². The van der Waals surface area contributed by atoms with E-state index in [-0.39, 0.29) is 17.1 Å². The summed E-state index contributed by atoms with van der Waals surface area (Å²) in [7, 11) is 0. The van der Waals surface area contributed by atoms with Gasteiger partial charge in [0.15, 0.2) is 0 Å². The summed E-state index contributed by atoms with van der Waals surface area (Å²) in [5, 5.41) is 11.1. The number of halogens is 2. The van der Waals surface area contributed by atoms with E-state index < -0.39 is 23.7 Å². The van der Waals surface area contributed by atoms with Gasteiger partial charge in [-0.2, -0.15) is 11.8 Å². The number of carboxylic acids is 1. The lowest BCUT2D eigenvalue weighted by atomic mass is 10.2. The Labute approximate surface area is 118 Å². The number of carboxylic acid groups (broad SMARTS) is 1. The number of nitrogens with zero attached hydrogens (tertiary/aromatic N) is 1. The molecule has 0 bridgehead atoms. The first-order chi connectivity index (χ1) is 8.95. The van der Waals surface area contributed by atoms with Crippen LogP contribution in [0.25, 0.3) is 0 Å². The molecule has 0 aliphatic heterocycles. The molecule has 0 fully saturated rings. The van der Waals surface area contributed by atoms with Gasteiger partial charge in [-0.25, -0.2) is 14.2 Å². The SMILES string of the molecule is CSCC[C@@H](NC(=O)c1cc(F)cnc1Cl)C(=O)O. The quantitative estimate of drug-likeness (QED) is 0.784. The van der Waals surface area contributed by atoms with E-state index in [9.17, 15) is 14.0 Å². The predicted molar refractivity (Wildman–Crippen MR) is 71.1 cm³/mol. The summed E-state index contributed by atoms with van der Waals surface area (Å²) < 4.78 is 13.0. The smallest absolute Gasteiger partial charge is 0.326 e. The number of amides is 1. The van der Waals surface area contributed by atoms with Crippen molar-refractivity contribution in [3.8, 4) is 0 Å². The molecular weight excluding hydrogens is 295 g/mol. The number of carbonyl (C=O) groups excluding carboxylic acids is 1. The van der Waals surface area contributed by atoms with Crippen LogP contribution in [0.15, 0.2) is 12.3 Å². The van der Waals surface area contributed by atoms with E-state index in [1.54, 1.807) is 0 Å². The minimum Gasteiger partial charge on any atom is -0.480 e. The zero-order valence-electron chi connectivity index (χ0n) is 10.0. The average molecular weight is 307 g/mol. The van der Waals surface area contributed by atoms with Gasteiger partial charge in [0.05, 0.1) is 11.8 Å². The third kappa shape index (κ3) is 4.68. The van der Waals surface area contributed by atoms with Gasteiger partial charge >= 0.3 is 5.97 Å². The van der Waals surface area contributed by atoms with Crippen molar-refractivity contribution in [3.05, 3.63) is 28.8 Å². The van der Waals surface area contributed by atoms with Crippen molar-refractivity contribution in [2.45, 2.75) is 12.5 Å². The zero-order valence-corrected chi connectivity index (χ0v) is 11.6. The molecule has 0 unspecified atom stereocenters. The number of rotatable bonds is 6. The Hall–Kier alpha value is -1.34. The van der Waals surface area contributed by atoms with Crippen LogP contribution in [0.5, 0.6) is 0 Å². The van der Waals surface area contributed by atoms with E-state index in [1.807, 2.05) is 6.26 Å². The lowest BCUT2D eigenvalue weighted by Crippen LogP contribution is -2.41. The maximum atomic E-state index is 13.0. The molecule has 1 amide bonds. The molecule has 0 spiro atoms. The molecule has 1 aromatic rings. The molecule has 0 aliphatic rings. The van der Waals surface area contributed by atoms with E-state index in [0.717, 1.165) is 12.3 Å². The third-order valence-electron chi connectivity index (χ3n) is 2.26. The van der Waals surface area contributed by atoms with Crippen LogP contribution in [0.3, 0.4) is 0 Å². The van der Waals surface area contributed by atoms with Gasteiger partial charge in [-0.3, -0.25) is 4.79 Å². The minimum atomic E-state index is -1.15. The molecule has 0 saturated carbocycles. The van der Waals surface area contributed by atoms with Crippen molar-refractivity contribution in [2.24, 2.45) is 0 Å². The summed E-state index contributed by atoms with van der Waals surface area (Å²) in [5.74, 6) is -2.05. The first kappa shape index (κ1) is 15.7. The maximum Gasteiger partial charge on any atom is 0.326 e. The lowest BCUT2D eigenvalue weighted by molar-refractivity contribution is -0.139. The van der Waals surface area contributed by atoms with Crippen molar-refractivity contribution in [3.63, 3.8) is 0 Å². The third-order valence-corrected chi connectivity index (χ3v) is 3.21. The second-order valence-electron chi connectivity index (χ2n) is 3.64. The second-order valence-corrected chi connectivity index (χ2v) is 4.98. The van der Waals surface area contributed by atoms with Gasteiger partial charge in [0.2, 0.25) is 0 Å². The van der Waals surface area contributed by atoms with Crippen LogP contribution in [0.1, 0.15) is 16.8 Å². The summed E-state index contributed by atoms with van der Waals surface area (Å²) in [5.41, 5.74) is -0.183. The average Bonchev–Trinajstić information content (AvgIpc) is 2.36. The van der Waals surface area contributed by atoms with Crippen LogP contribution in [0, 0.1) is 5.82 Å². The zero-order chi connectivity index (χ0) is 14.4. The molecule has 5 nitrogen and oxygen atoms in total. The fraction of sp³-hybridized carbons (Fsp3) is 0.364. The van der Waals surface area contributed by atoms with Crippen molar-refractivity contribution in [1.82, 2.24) is 10.3 Å². The Morgan fingerprint density at radius 2 is 2.32 bits per heavy atom. The Balaban J connectivity index is 2.81. The molecule has 1 rings (SSSR count). The van der Waals surface area contributed by atoms with Crippen molar-refractivity contribution < 1.29 is 19.1 Å². The van der Waals surface area contributed by atoms with Gasteiger partial charge < -0.3 is 10.4 Å². The highest BCUT2D eigenvalue weighted by atomic mass is 35.5. The minimum absolute atomic E-state index is 0.173. The van der Waals surface area contributed by atoms with Gasteiger partial charge in [0, 0.05) is 0 Å². The predicted octanol–water partition coefficient (Wildman–Crippen LogP) is 1.81. The molecule has 19 heavy (non-hydrogen) atoms. The Morgan fingerprint density at radius 1 is 1.63 bits per heavy atom. The highest BCUT2D eigenvalue weighted by Crippen LogP contribution is 2.14. The Morgan fingerprint density at radius 3 is 2.89 bits per heavy atom. The number of nitrogens with one attached hydrogen (secondary N) is 1. The topological polar surface area (TPSA) is 79.3 Å². The van der Waals surface area contributed by atoms with E-state index >= 15 is 0 Å². The van der Waals surface area contributed by atoms with Gasteiger partial charge in [0.25, 0.3) is 5.91 Å². The highest BCUT2D eigenvalue weighted by molar-refractivity contribution is 7.98. The molecule has 2 N–H and O–H groups in total. The van der Waals surface area contributed by atoms with E-state index in [0.29, 0.717) is 5.75 Å². The summed E-state index contributed by atoms with van der Waals surface area (Å²) in [4.78, 5) is 26.3. The van der Waals surface area contributed by atoms with E-state index in [4.69, 9.17) is 16.7 Å². The van der Waals surface area contributed by atoms with Crippen molar-refractivity contribution in [1.29, 1.82) is 0 Å². The molecule has 104 valence electrons. The van der Waals surface area contributed by atoms with E-state index in [2.05, 4.69) is 10.3 Å². The number of thioether (sulfide) groups is 1. The number of hydrogen-bond acceptors (Lipinski definition) is 4. The molecule has 0 aromatic carbocycles. The van der Waals surface area contributed by atoms with Gasteiger partial charge in [-0.15, -0.1) is 0 Å². The summed E-state index contributed by atoms with van der Waals surface area (Å²) >= 11 is 7.13. The molecule has 8 heteroatoms. The van der Waals surface area contributed by atoms with Crippen LogP contribution in [0.2, 0.25) is 5.15 Å². The normalized spacial score (nSPS) is 11.9. The Bertz CT molecular complexity index is 487. The summed E-state index contributed by atoms with van der Waals surface area (Å²) in [6.45, 7) is 0. The summed E-state index contributed by atoms with van der Waals surface area (Å²) in [6, 6.07) is -0.128. The maximum absolute atomic E-state index is 13.0. The van der Waals surface area contributed by atoms with E-state index in [1.165, 1.54) is 11.8 Å². The number of aromatic nitrogens is 1. The summed E-state index contributed by atoms with van der Waals surface area (Å²) in [6.07, 6.45) is 2.97. The fourth-order valence-electron chi connectivity index (χ4n) is 1.31. The van der Waals surface area contributed by atoms with Gasteiger partial charge in [-0.1, -0.05) is 11.6 Å². The first-order valence-corrected chi connectivity index (χ1v) is 7.06. The number of aliphatic carboxylic acids is 1. The molecule has 1 heterocycles. The van der Waals surface area contributed by atoms with Gasteiger partial charge in [-0.05, 0) is 24.5 Å². The van der Waals surface area contributed by atoms with Crippen molar-refractivity contribution in [2.75, 3.05) is 12.0 Å². The Kier molecular flexibility index (Phi) is 6.04. The largest absolute Gasteiger partial charge is 0.480 e. The highest BCUT2D eigenvalue weighted by Gasteiger charge is 2.22. The lowest BCUT2D eigenvalue weighted by Gasteiger charge is -2.14. The van der Waals surface area contributed by atoms with Crippen LogP contribution in [-0.2, 0) is 4.79 Å². The molecule has 0 aliphatic carbocycles. The molecule has 0 radical (unpaired) electrons. The molecule has 1 aromatic heterocycles. The second kappa shape index (κ2) is 7.30. The van der Waals surface area contributed by atoms with Crippen LogP contribution in [-0.4, -0.2) is 40.0 Å². The number of hydrogen-bond donors (Lipinski definition) is 2. The first-order valence-electron chi connectivity index (χ1n) is 5.29. The standard InChI is InChI=1S/C11H12ClFN2O3S/c1-19-3-2-8(11(17)18)15-10(16)7-4-6(13)5-14-9(7)12/h4-5,8H,2-3H2,1H3,(H,15,16)(H,17,18)/t8-/m1/s1. The van der Waals surface area contributed by atoms with Crippen LogP contribution < -0.4 is 5.32 Å². The number of carbonyl (C=O) groups is 2. The monoisotopic (exact) mass is 306 g/mol. The van der Waals surface area contributed by atoms with Crippen LogP contribution in [0.4, 0.5) is 4.39 Å². The fourth-order valence-corrected chi connectivity index (χ4v) is 1.97. The number of pyridine rings is 1. The molecule has 1 atom stereocenters. The van der Waals surface area contributed by atoms with Crippen molar-refractivity contribution >= 4 is 35.2 Å². The van der Waals surface area contributed by atoms with Gasteiger partial charge in [0.1, 0.15) is 17.0 Å². The molecule has 0 saturated heterocycles. The molecular formula is C11H12ClFN2O3S.